The van der Waals surface area contributed by atoms with Crippen LogP contribution in [0.1, 0.15) is 12.0 Å². The molecule has 0 aliphatic carbocycles. The Balaban J connectivity index is 1.45. The molecule has 3 aromatic carbocycles. The number of hydrogen-bond donors (Lipinski definition) is 1. The molecule has 9 nitrogen and oxygen atoms in total. The number of halogens is 1. The van der Waals surface area contributed by atoms with Crippen molar-refractivity contribution in [3.63, 3.8) is 0 Å². The van der Waals surface area contributed by atoms with Gasteiger partial charge in [-0.2, -0.15) is 0 Å². The fourth-order valence-corrected chi connectivity index (χ4v) is 5.43. The number of methoxy groups -OCH3 is 2. The van der Waals surface area contributed by atoms with Gasteiger partial charge in [-0.3, -0.25) is 9.10 Å². The molecule has 202 valence electrons. The number of anilines is 1. The first kappa shape index (κ1) is 27.1. The van der Waals surface area contributed by atoms with Gasteiger partial charge in [-0.1, -0.05) is 12.1 Å². The maximum atomic E-state index is 14.0. The summed E-state index contributed by atoms with van der Waals surface area (Å²) in [6.07, 6.45) is 1.26. The van der Waals surface area contributed by atoms with E-state index in [1.807, 2.05) is 18.2 Å². The summed E-state index contributed by atoms with van der Waals surface area (Å²) in [5.41, 5.74) is 1.03. The molecule has 0 radical (unpaired) electrons. The Morgan fingerprint density at radius 3 is 2.47 bits per heavy atom. The van der Waals surface area contributed by atoms with E-state index in [2.05, 4.69) is 5.32 Å². The van der Waals surface area contributed by atoms with E-state index in [0.29, 0.717) is 43.2 Å². The highest BCUT2D eigenvalue weighted by Crippen LogP contribution is 2.34. The monoisotopic (exact) mass is 544 g/mol. The molecule has 0 saturated heterocycles. The van der Waals surface area contributed by atoms with Gasteiger partial charge in [0.25, 0.3) is 10.0 Å². The van der Waals surface area contributed by atoms with Gasteiger partial charge in [0, 0.05) is 12.6 Å². The third-order valence-corrected chi connectivity index (χ3v) is 7.67. The number of carbonyl (C=O) groups excluding carboxylic acids is 1. The SMILES string of the molecule is COc1ccc(CCCNC(=O)CN(c2cccc(F)c2)S(=O)(=O)c2ccc3c(c2)OCCO3)cc1OC. The lowest BCUT2D eigenvalue weighted by atomic mass is 10.1. The van der Waals surface area contributed by atoms with Crippen molar-refractivity contribution in [3.8, 4) is 23.0 Å². The van der Waals surface area contributed by atoms with Crippen molar-refractivity contribution < 1.29 is 36.6 Å². The molecule has 1 aliphatic heterocycles. The van der Waals surface area contributed by atoms with Gasteiger partial charge < -0.3 is 24.3 Å². The number of fused-ring (bicyclic) bond motifs is 1. The molecule has 0 spiro atoms. The molecule has 1 amide bonds. The van der Waals surface area contributed by atoms with Gasteiger partial charge >= 0.3 is 0 Å². The minimum Gasteiger partial charge on any atom is -0.493 e. The Morgan fingerprint density at radius 2 is 1.74 bits per heavy atom. The number of aryl methyl sites for hydroxylation is 1. The van der Waals surface area contributed by atoms with Crippen molar-refractivity contribution in [3.05, 3.63) is 72.0 Å². The lowest BCUT2D eigenvalue weighted by Crippen LogP contribution is -2.41. The first-order valence-electron chi connectivity index (χ1n) is 12.0. The molecule has 11 heteroatoms. The van der Waals surface area contributed by atoms with Crippen LogP contribution in [0.15, 0.2) is 65.6 Å². The van der Waals surface area contributed by atoms with Gasteiger partial charge in [-0.15, -0.1) is 0 Å². The number of benzene rings is 3. The minimum atomic E-state index is -4.24. The first-order valence-corrected chi connectivity index (χ1v) is 13.4. The lowest BCUT2D eigenvalue weighted by Gasteiger charge is -2.25. The van der Waals surface area contributed by atoms with Crippen molar-refractivity contribution in [2.75, 3.05) is 44.8 Å². The third-order valence-electron chi connectivity index (χ3n) is 5.90. The fraction of sp³-hybridized carbons (Fsp3) is 0.296. The maximum Gasteiger partial charge on any atom is 0.264 e. The van der Waals surface area contributed by atoms with Crippen LogP contribution in [-0.4, -0.2) is 54.8 Å². The first-order chi connectivity index (χ1) is 18.3. The van der Waals surface area contributed by atoms with E-state index in [4.69, 9.17) is 18.9 Å². The number of ether oxygens (including phenoxy) is 4. The standard InChI is InChI=1S/C27H29FN2O7S/c1-34-23-10-8-19(15-25(23)35-2)5-4-12-29-27(31)18-30(21-7-3-6-20(28)16-21)38(32,33)22-9-11-24-26(17-22)37-14-13-36-24/h3,6-11,15-17H,4-5,12-14,18H2,1-2H3,(H,29,31). The molecule has 0 fully saturated rings. The zero-order valence-corrected chi connectivity index (χ0v) is 21.9. The summed E-state index contributed by atoms with van der Waals surface area (Å²) < 4.78 is 63.6. The largest absolute Gasteiger partial charge is 0.493 e. The molecule has 3 aromatic rings. The predicted octanol–water partition coefficient (Wildman–Crippen LogP) is 3.56. The Hall–Kier alpha value is -3.99. The van der Waals surface area contributed by atoms with Gasteiger partial charge in [0.2, 0.25) is 5.91 Å². The highest BCUT2D eigenvalue weighted by molar-refractivity contribution is 7.92. The van der Waals surface area contributed by atoms with Crippen LogP contribution < -0.4 is 28.6 Å². The highest BCUT2D eigenvalue weighted by Gasteiger charge is 2.29. The fourth-order valence-electron chi connectivity index (χ4n) is 4.00. The summed E-state index contributed by atoms with van der Waals surface area (Å²) in [5.74, 6) is 0.809. The molecule has 0 aromatic heterocycles. The number of carbonyl (C=O) groups is 1. The van der Waals surface area contributed by atoms with Gasteiger partial charge in [-0.25, -0.2) is 12.8 Å². The van der Waals surface area contributed by atoms with Gasteiger partial charge in [0.05, 0.1) is 24.8 Å². The number of amides is 1. The zero-order valence-electron chi connectivity index (χ0n) is 21.1. The predicted molar refractivity (Wildman–Crippen MR) is 139 cm³/mol. The molecule has 4 rings (SSSR count). The van der Waals surface area contributed by atoms with E-state index >= 15 is 0 Å². The molecular formula is C27H29FN2O7S. The summed E-state index contributed by atoms with van der Waals surface area (Å²) in [6, 6.07) is 14.9. The van der Waals surface area contributed by atoms with Crippen LogP contribution in [-0.2, 0) is 21.2 Å². The second-order valence-corrected chi connectivity index (χ2v) is 10.3. The van der Waals surface area contributed by atoms with Crippen molar-refractivity contribution in [2.24, 2.45) is 0 Å². The van der Waals surface area contributed by atoms with Gasteiger partial charge in [0.15, 0.2) is 23.0 Å². The second kappa shape index (κ2) is 12.0. The Bertz CT molecular complexity index is 1400. The summed E-state index contributed by atoms with van der Waals surface area (Å²) in [6.45, 7) is 0.432. The summed E-state index contributed by atoms with van der Waals surface area (Å²) in [7, 11) is -1.12. The minimum absolute atomic E-state index is 0.0281. The highest BCUT2D eigenvalue weighted by atomic mass is 32.2. The summed E-state index contributed by atoms with van der Waals surface area (Å²) >= 11 is 0. The zero-order chi connectivity index (χ0) is 27.1. The Labute approximate surface area is 221 Å². The van der Waals surface area contributed by atoms with Gasteiger partial charge in [0.1, 0.15) is 25.6 Å². The van der Waals surface area contributed by atoms with Crippen LogP contribution >= 0.6 is 0 Å². The number of sulfonamides is 1. The van der Waals surface area contributed by atoms with E-state index in [1.54, 1.807) is 14.2 Å². The number of nitrogens with one attached hydrogen (secondary N) is 1. The molecule has 1 aliphatic rings. The summed E-state index contributed by atoms with van der Waals surface area (Å²) in [4.78, 5) is 12.7. The maximum absolute atomic E-state index is 14.0. The number of hydrogen-bond acceptors (Lipinski definition) is 7. The van der Waals surface area contributed by atoms with Crippen LogP contribution in [0.25, 0.3) is 0 Å². The average Bonchev–Trinajstić information content (AvgIpc) is 2.93. The average molecular weight is 545 g/mol. The van der Waals surface area contributed by atoms with E-state index in [9.17, 15) is 17.6 Å². The van der Waals surface area contributed by atoms with Crippen LogP contribution in [0, 0.1) is 5.82 Å². The molecular weight excluding hydrogens is 515 g/mol. The van der Waals surface area contributed by atoms with E-state index < -0.39 is 28.3 Å². The van der Waals surface area contributed by atoms with Crippen molar-refractivity contribution in [1.82, 2.24) is 5.32 Å². The van der Waals surface area contributed by atoms with Crippen LogP contribution in [0.5, 0.6) is 23.0 Å². The molecule has 0 unspecified atom stereocenters. The Kier molecular flexibility index (Phi) is 8.57. The molecule has 0 bridgehead atoms. The topological polar surface area (TPSA) is 103 Å². The van der Waals surface area contributed by atoms with Crippen molar-refractivity contribution >= 4 is 21.6 Å². The quantitative estimate of drug-likeness (QED) is 0.368. The van der Waals surface area contributed by atoms with E-state index in [0.717, 1.165) is 15.9 Å². The van der Waals surface area contributed by atoms with E-state index in [-0.39, 0.29) is 22.9 Å². The van der Waals surface area contributed by atoms with Crippen LogP contribution in [0.3, 0.4) is 0 Å². The van der Waals surface area contributed by atoms with Crippen molar-refractivity contribution in [1.29, 1.82) is 0 Å². The number of nitrogens with zero attached hydrogens (tertiary/aromatic N) is 1. The van der Waals surface area contributed by atoms with Gasteiger partial charge in [-0.05, 0) is 60.9 Å². The number of rotatable bonds is 11. The van der Waals surface area contributed by atoms with Crippen molar-refractivity contribution in [2.45, 2.75) is 17.7 Å². The summed E-state index contributed by atoms with van der Waals surface area (Å²) in [5, 5.41) is 2.75. The molecule has 0 atom stereocenters. The Morgan fingerprint density at radius 1 is 0.974 bits per heavy atom. The third kappa shape index (κ3) is 6.28. The molecule has 1 heterocycles. The molecule has 38 heavy (non-hydrogen) atoms. The van der Waals surface area contributed by atoms with Crippen LogP contribution in [0.4, 0.5) is 10.1 Å². The molecule has 0 saturated carbocycles. The lowest BCUT2D eigenvalue weighted by molar-refractivity contribution is -0.119. The smallest absolute Gasteiger partial charge is 0.264 e. The normalized spacial score (nSPS) is 12.5. The molecule has 1 N–H and O–H groups in total. The second-order valence-electron chi connectivity index (χ2n) is 8.44. The van der Waals surface area contributed by atoms with E-state index in [1.165, 1.54) is 36.4 Å². The van der Waals surface area contributed by atoms with Crippen LogP contribution in [0.2, 0.25) is 0 Å².